The second-order valence-corrected chi connectivity index (χ2v) is 7.45. The first-order chi connectivity index (χ1) is 14.4. The largest absolute Gasteiger partial charge is 0.321 e. The van der Waals surface area contributed by atoms with E-state index in [4.69, 9.17) is 0 Å². The second kappa shape index (κ2) is 9.39. The molecule has 1 aromatic heterocycles. The van der Waals surface area contributed by atoms with Crippen molar-refractivity contribution in [2.24, 2.45) is 0 Å². The highest BCUT2D eigenvalue weighted by molar-refractivity contribution is 6.12. The highest BCUT2D eigenvalue weighted by Gasteiger charge is 2.18. The van der Waals surface area contributed by atoms with E-state index < -0.39 is 0 Å². The Morgan fingerprint density at radius 2 is 1.73 bits per heavy atom. The summed E-state index contributed by atoms with van der Waals surface area (Å²) in [6.45, 7) is 8.73. The zero-order valence-corrected chi connectivity index (χ0v) is 18.0. The molecule has 0 saturated heterocycles. The number of nitrogens with zero attached hydrogens (tertiary/aromatic N) is 2. The predicted molar refractivity (Wildman–Crippen MR) is 120 cm³/mol. The fourth-order valence-corrected chi connectivity index (χ4v) is 3.36. The maximum absolute atomic E-state index is 13.0. The molecule has 156 valence electrons. The molecule has 0 aliphatic carbocycles. The third-order valence-electron chi connectivity index (χ3n) is 5.04. The lowest BCUT2D eigenvalue weighted by molar-refractivity contribution is 0.102. The van der Waals surface area contributed by atoms with E-state index in [1.54, 1.807) is 30.3 Å². The SMILES string of the molecule is CCCCn1nc(C)c(NC(=O)c2ccccc2NC(=O)c2cccc(C)c2)c1C. The molecule has 3 rings (SSSR count). The van der Waals surface area contributed by atoms with Crippen molar-refractivity contribution in [3.8, 4) is 0 Å². The molecule has 0 radical (unpaired) electrons. The highest BCUT2D eigenvalue weighted by atomic mass is 16.2. The third-order valence-corrected chi connectivity index (χ3v) is 5.04. The van der Waals surface area contributed by atoms with E-state index in [0.29, 0.717) is 16.8 Å². The van der Waals surface area contributed by atoms with E-state index in [0.717, 1.165) is 42.0 Å². The Hall–Kier alpha value is -3.41. The number of unbranched alkanes of at least 4 members (excludes halogenated alkanes) is 1. The van der Waals surface area contributed by atoms with Crippen molar-refractivity contribution in [2.45, 2.75) is 47.1 Å². The molecule has 6 heteroatoms. The van der Waals surface area contributed by atoms with Gasteiger partial charge in [-0.05, 0) is 51.5 Å². The number of aryl methyl sites for hydroxylation is 3. The van der Waals surface area contributed by atoms with Crippen LogP contribution in [0, 0.1) is 20.8 Å². The monoisotopic (exact) mass is 404 g/mol. The van der Waals surface area contributed by atoms with Crippen molar-refractivity contribution in [2.75, 3.05) is 10.6 Å². The van der Waals surface area contributed by atoms with Gasteiger partial charge in [0.2, 0.25) is 0 Å². The lowest BCUT2D eigenvalue weighted by atomic mass is 10.1. The summed E-state index contributed by atoms with van der Waals surface area (Å²) < 4.78 is 1.93. The summed E-state index contributed by atoms with van der Waals surface area (Å²) in [5, 5.41) is 10.4. The van der Waals surface area contributed by atoms with Gasteiger partial charge in [0.25, 0.3) is 11.8 Å². The zero-order valence-electron chi connectivity index (χ0n) is 18.0. The molecule has 0 atom stereocenters. The van der Waals surface area contributed by atoms with Crippen LogP contribution in [0.5, 0.6) is 0 Å². The van der Waals surface area contributed by atoms with Gasteiger partial charge in [0, 0.05) is 12.1 Å². The van der Waals surface area contributed by atoms with E-state index in [1.165, 1.54) is 0 Å². The van der Waals surface area contributed by atoms with Crippen LogP contribution in [0.3, 0.4) is 0 Å². The average Bonchev–Trinajstić information content (AvgIpc) is 3.00. The molecule has 6 nitrogen and oxygen atoms in total. The standard InChI is InChI=1S/C24H28N4O2/c1-5-6-14-28-18(4)22(17(3)27-28)26-24(30)20-12-7-8-13-21(20)25-23(29)19-11-9-10-16(2)15-19/h7-13,15H,5-6,14H2,1-4H3,(H,25,29)(H,26,30). The lowest BCUT2D eigenvalue weighted by Crippen LogP contribution is -2.19. The molecule has 0 aliphatic heterocycles. The summed E-state index contributed by atoms with van der Waals surface area (Å²) >= 11 is 0. The predicted octanol–water partition coefficient (Wildman–Crippen LogP) is 5.11. The minimum atomic E-state index is -0.281. The van der Waals surface area contributed by atoms with Gasteiger partial charge in [-0.25, -0.2) is 0 Å². The molecular weight excluding hydrogens is 376 g/mol. The van der Waals surface area contributed by atoms with E-state index in [2.05, 4.69) is 22.7 Å². The maximum Gasteiger partial charge on any atom is 0.257 e. The molecule has 3 aromatic rings. The van der Waals surface area contributed by atoms with E-state index in [-0.39, 0.29) is 11.8 Å². The topological polar surface area (TPSA) is 76.0 Å². The summed E-state index contributed by atoms with van der Waals surface area (Å²) in [4.78, 5) is 25.7. The lowest BCUT2D eigenvalue weighted by Gasteiger charge is -2.12. The highest BCUT2D eigenvalue weighted by Crippen LogP contribution is 2.23. The molecule has 0 unspecified atom stereocenters. The number of rotatable bonds is 7. The van der Waals surface area contributed by atoms with Crippen LogP contribution < -0.4 is 10.6 Å². The minimum Gasteiger partial charge on any atom is -0.321 e. The Kier molecular flexibility index (Phi) is 6.67. The van der Waals surface area contributed by atoms with Crippen molar-refractivity contribution in [3.63, 3.8) is 0 Å². The van der Waals surface area contributed by atoms with E-state index >= 15 is 0 Å². The summed E-state index contributed by atoms with van der Waals surface area (Å²) in [6.07, 6.45) is 2.11. The van der Waals surface area contributed by atoms with Gasteiger partial charge in [0.15, 0.2) is 0 Å². The van der Waals surface area contributed by atoms with Gasteiger partial charge in [-0.3, -0.25) is 14.3 Å². The summed E-state index contributed by atoms with van der Waals surface area (Å²) in [6, 6.07) is 14.3. The zero-order chi connectivity index (χ0) is 21.7. The molecule has 0 fully saturated rings. The molecule has 0 aliphatic rings. The summed E-state index contributed by atoms with van der Waals surface area (Å²) in [7, 11) is 0. The first kappa shape index (κ1) is 21.3. The Morgan fingerprint density at radius 1 is 0.967 bits per heavy atom. The number of amides is 2. The van der Waals surface area contributed by atoms with Crippen LogP contribution in [0.25, 0.3) is 0 Å². The number of para-hydroxylation sites is 1. The van der Waals surface area contributed by atoms with Gasteiger partial charge in [0.1, 0.15) is 0 Å². The molecule has 30 heavy (non-hydrogen) atoms. The number of carbonyl (C=O) groups excluding carboxylic acids is 2. The normalized spacial score (nSPS) is 10.7. The third kappa shape index (κ3) is 4.76. The van der Waals surface area contributed by atoms with Gasteiger partial charge in [-0.15, -0.1) is 0 Å². The fourth-order valence-electron chi connectivity index (χ4n) is 3.36. The Balaban J connectivity index is 1.81. The van der Waals surface area contributed by atoms with Crippen LogP contribution in [0.4, 0.5) is 11.4 Å². The summed E-state index contributed by atoms with van der Waals surface area (Å²) in [5.74, 6) is -0.532. The quantitative estimate of drug-likeness (QED) is 0.574. The number of nitrogens with one attached hydrogen (secondary N) is 2. The van der Waals surface area contributed by atoms with E-state index in [9.17, 15) is 9.59 Å². The van der Waals surface area contributed by atoms with Crippen LogP contribution in [0.15, 0.2) is 48.5 Å². The molecule has 0 spiro atoms. The van der Waals surface area contributed by atoms with Crippen LogP contribution in [0.2, 0.25) is 0 Å². The molecular formula is C24H28N4O2. The van der Waals surface area contributed by atoms with Gasteiger partial charge in [-0.2, -0.15) is 5.10 Å². The van der Waals surface area contributed by atoms with Gasteiger partial charge in [-0.1, -0.05) is 43.2 Å². The number of anilines is 2. The fraction of sp³-hybridized carbons (Fsp3) is 0.292. The second-order valence-electron chi connectivity index (χ2n) is 7.45. The molecule has 0 bridgehead atoms. The van der Waals surface area contributed by atoms with Crippen molar-refractivity contribution in [3.05, 3.63) is 76.6 Å². The molecule has 2 N–H and O–H groups in total. The number of carbonyl (C=O) groups is 2. The maximum atomic E-state index is 13.0. The number of hydrogen-bond donors (Lipinski definition) is 2. The molecule has 0 saturated carbocycles. The molecule has 2 amide bonds. The van der Waals surface area contributed by atoms with Crippen molar-refractivity contribution < 1.29 is 9.59 Å². The number of aromatic nitrogens is 2. The first-order valence-corrected chi connectivity index (χ1v) is 10.2. The number of hydrogen-bond acceptors (Lipinski definition) is 3. The first-order valence-electron chi connectivity index (χ1n) is 10.2. The van der Waals surface area contributed by atoms with Crippen molar-refractivity contribution >= 4 is 23.2 Å². The van der Waals surface area contributed by atoms with Gasteiger partial charge >= 0.3 is 0 Å². The van der Waals surface area contributed by atoms with Crippen molar-refractivity contribution in [1.29, 1.82) is 0 Å². The van der Waals surface area contributed by atoms with Crippen LogP contribution in [0.1, 0.15) is 57.4 Å². The Labute approximate surface area is 177 Å². The van der Waals surface area contributed by atoms with E-state index in [1.807, 2.05) is 43.7 Å². The average molecular weight is 405 g/mol. The smallest absolute Gasteiger partial charge is 0.257 e. The molecule has 2 aromatic carbocycles. The Bertz CT molecular complexity index is 1070. The van der Waals surface area contributed by atoms with Crippen LogP contribution in [-0.2, 0) is 6.54 Å². The Morgan fingerprint density at radius 3 is 2.47 bits per heavy atom. The van der Waals surface area contributed by atoms with Gasteiger partial charge in [0.05, 0.1) is 28.3 Å². The van der Waals surface area contributed by atoms with Crippen LogP contribution >= 0.6 is 0 Å². The van der Waals surface area contributed by atoms with Crippen molar-refractivity contribution in [1.82, 2.24) is 9.78 Å². The van der Waals surface area contributed by atoms with Crippen LogP contribution in [-0.4, -0.2) is 21.6 Å². The summed E-state index contributed by atoms with van der Waals surface area (Å²) in [5.41, 5.74) is 4.84. The van der Waals surface area contributed by atoms with Gasteiger partial charge < -0.3 is 10.6 Å². The number of benzene rings is 2. The molecule has 1 heterocycles. The minimum absolute atomic E-state index is 0.251.